The van der Waals surface area contributed by atoms with Crippen molar-refractivity contribution in [3.63, 3.8) is 0 Å². The number of Topliss-reactive ketones (excluding diaryl/α,β-unsaturated/α-hetero) is 1. The van der Waals surface area contributed by atoms with Crippen LogP contribution in [0.3, 0.4) is 0 Å². The van der Waals surface area contributed by atoms with Gasteiger partial charge in [0.05, 0.1) is 0 Å². The van der Waals surface area contributed by atoms with E-state index in [4.69, 9.17) is 5.73 Å². The van der Waals surface area contributed by atoms with Gasteiger partial charge in [0.1, 0.15) is 0 Å². The number of hydrogen-bond donors (Lipinski definition) is 1. The van der Waals surface area contributed by atoms with Crippen LogP contribution in [0.15, 0.2) is 18.2 Å². The van der Waals surface area contributed by atoms with E-state index in [0.29, 0.717) is 11.3 Å². The van der Waals surface area contributed by atoms with Crippen LogP contribution in [0.1, 0.15) is 49.9 Å². The Labute approximate surface area is 115 Å². The maximum atomic E-state index is 11.5. The molecule has 3 nitrogen and oxygen atoms in total. The molecule has 1 aliphatic rings. The van der Waals surface area contributed by atoms with Crippen LogP contribution < -0.4 is 10.6 Å². The average molecular weight is 260 g/mol. The third-order valence-electron chi connectivity index (χ3n) is 4.09. The second kappa shape index (κ2) is 6.09. The summed E-state index contributed by atoms with van der Waals surface area (Å²) in [6.07, 6.45) is 5.14. The Bertz CT molecular complexity index is 448. The molecule has 0 radical (unpaired) electrons. The number of piperidine rings is 1. The Morgan fingerprint density at radius 2 is 2.05 bits per heavy atom. The molecule has 0 unspecified atom stereocenters. The van der Waals surface area contributed by atoms with Crippen LogP contribution in [-0.2, 0) is 0 Å². The van der Waals surface area contributed by atoms with Crippen LogP contribution >= 0.6 is 0 Å². The number of benzene rings is 1. The summed E-state index contributed by atoms with van der Waals surface area (Å²) in [5.41, 5.74) is 8.20. The van der Waals surface area contributed by atoms with Gasteiger partial charge in [-0.05, 0) is 43.9 Å². The maximum Gasteiger partial charge on any atom is 0.161 e. The second-order valence-corrected chi connectivity index (χ2v) is 5.55. The molecule has 0 saturated carbocycles. The molecule has 3 heteroatoms. The number of carbonyl (C=O) groups excluding carboxylic acids is 1. The third-order valence-corrected chi connectivity index (χ3v) is 4.09. The van der Waals surface area contributed by atoms with Gasteiger partial charge in [-0.15, -0.1) is 0 Å². The highest BCUT2D eigenvalue weighted by atomic mass is 16.1. The highest BCUT2D eigenvalue weighted by molar-refractivity contribution is 6.00. The zero-order valence-corrected chi connectivity index (χ0v) is 12.0. The first-order valence-electron chi connectivity index (χ1n) is 7.27. The second-order valence-electron chi connectivity index (χ2n) is 5.55. The zero-order valence-electron chi connectivity index (χ0n) is 12.0. The fraction of sp³-hybridized carbons (Fsp3) is 0.562. The van der Waals surface area contributed by atoms with Crippen molar-refractivity contribution in [1.29, 1.82) is 0 Å². The first-order chi connectivity index (χ1) is 9.11. The van der Waals surface area contributed by atoms with Crippen LogP contribution in [-0.4, -0.2) is 18.9 Å². The molecule has 2 rings (SSSR count). The Balaban J connectivity index is 2.07. The van der Waals surface area contributed by atoms with Gasteiger partial charge >= 0.3 is 0 Å². The Hall–Kier alpha value is -1.51. The lowest BCUT2D eigenvalue weighted by molar-refractivity contribution is 0.101. The van der Waals surface area contributed by atoms with Gasteiger partial charge < -0.3 is 10.6 Å². The van der Waals surface area contributed by atoms with Crippen LogP contribution in [0.4, 0.5) is 11.4 Å². The van der Waals surface area contributed by atoms with E-state index in [1.165, 1.54) is 25.7 Å². The number of nitrogen functional groups attached to an aromatic ring is 1. The minimum Gasteiger partial charge on any atom is -0.398 e. The molecule has 1 heterocycles. The van der Waals surface area contributed by atoms with Crippen LogP contribution in [0, 0.1) is 5.92 Å². The number of nitrogens with two attached hydrogens (primary N) is 1. The fourth-order valence-electron chi connectivity index (χ4n) is 2.93. The summed E-state index contributed by atoms with van der Waals surface area (Å²) in [6.45, 7) is 6.01. The summed E-state index contributed by atoms with van der Waals surface area (Å²) < 4.78 is 0. The molecule has 0 bridgehead atoms. The summed E-state index contributed by atoms with van der Waals surface area (Å²) in [6, 6.07) is 5.82. The molecule has 1 fully saturated rings. The highest BCUT2D eigenvalue weighted by Gasteiger charge is 2.19. The van der Waals surface area contributed by atoms with Crippen molar-refractivity contribution in [3.05, 3.63) is 23.8 Å². The standard InChI is InChI=1S/C16H24N2O/c1-3-4-13-7-9-18(10-8-13)14-5-6-16(17)15(11-14)12(2)19/h5-6,11,13H,3-4,7-10,17H2,1-2H3. The van der Waals surface area contributed by atoms with Crippen LogP contribution in [0.5, 0.6) is 0 Å². The molecule has 0 atom stereocenters. The molecule has 2 N–H and O–H groups in total. The Kier molecular flexibility index (Phi) is 4.46. The lowest BCUT2D eigenvalue weighted by Gasteiger charge is -2.33. The topological polar surface area (TPSA) is 46.3 Å². The van der Waals surface area contributed by atoms with Gasteiger partial charge in [-0.1, -0.05) is 19.8 Å². The monoisotopic (exact) mass is 260 g/mol. The molecule has 1 aliphatic heterocycles. The predicted octanol–water partition coefficient (Wildman–Crippen LogP) is 3.49. The van der Waals surface area contributed by atoms with Gasteiger partial charge in [-0.25, -0.2) is 0 Å². The van der Waals surface area contributed by atoms with E-state index in [0.717, 1.165) is 24.7 Å². The average Bonchev–Trinajstić information content (AvgIpc) is 2.40. The lowest BCUT2D eigenvalue weighted by atomic mass is 9.92. The van der Waals surface area contributed by atoms with E-state index in [-0.39, 0.29) is 5.78 Å². The van der Waals surface area contributed by atoms with E-state index >= 15 is 0 Å². The molecule has 0 spiro atoms. The Morgan fingerprint density at radius 1 is 1.37 bits per heavy atom. The molecule has 104 valence electrons. The fourth-order valence-corrected chi connectivity index (χ4v) is 2.93. The van der Waals surface area contributed by atoms with E-state index in [9.17, 15) is 4.79 Å². The van der Waals surface area contributed by atoms with E-state index < -0.39 is 0 Å². The highest BCUT2D eigenvalue weighted by Crippen LogP contribution is 2.28. The minimum atomic E-state index is 0.0419. The molecule has 0 amide bonds. The number of ketones is 1. The normalized spacial score (nSPS) is 16.6. The predicted molar refractivity (Wildman–Crippen MR) is 80.7 cm³/mol. The smallest absolute Gasteiger partial charge is 0.161 e. The first-order valence-corrected chi connectivity index (χ1v) is 7.27. The lowest BCUT2D eigenvalue weighted by Crippen LogP contribution is -2.33. The summed E-state index contributed by atoms with van der Waals surface area (Å²) in [5, 5.41) is 0. The van der Waals surface area contributed by atoms with Gasteiger partial charge in [-0.3, -0.25) is 4.79 Å². The van der Waals surface area contributed by atoms with Crippen LogP contribution in [0.2, 0.25) is 0 Å². The first kappa shape index (κ1) is 13.9. The van der Waals surface area contributed by atoms with Crippen molar-refractivity contribution < 1.29 is 4.79 Å². The number of hydrogen-bond acceptors (Lipinski definition) is 3. The molecule has 0 aliphatic carbocycles. The van der Waals surface area contributed by atoms with Crippen molar-refractivity contribution >= 4 is 17.2 Å². The van der Waals surface area contributed by atoms with Gasteiger partial charge in [0.2, 0.25) is 0 Å². The molecule has 1 aromatic rings. The van der Waals surface area contributed by atoms with E-state index in [1.54, 1.807) is 6.92 Å². The molecule has 0 aromatic heterocycles. The van der Waals surface area contributed by atoms with Gasteiger partial charge in [-0.2, -0.15) is 0 Å². The van der Waals surface area contributed by atoms with Gasteiger partial charge in [0.25, 0.3) is 0 Å². The van der Waals surface area contributed by atoms with Crippen molar-refractivity contribution in [2.24, 2.45) is 5.92 Å². The van der Waals surface area contributed by atoms with Crippen molar-refractivity contribution in [2.45, 2.75) is 39.5 Å². The van der Waals surface area contributed by atoms with Crippen molar-refractivity contribution in [3.8, 4) is 0 Å². The van der Waals surface area contributed by atoms with Crippen molar-refractivity contribution in [1.82, 2.24) is 0 Å². The quantitative estimate of drug-likeness (QED) is 0.666. The van der Waals surface area contributed by atoms with Crippen LogP contribution in [0.25, 0.3) is 0 Å². The number of carbonyl (C=O) groups is 1. The summed E-state index contributed by atoms with van der Waals surface area (Å²) in [5.74, 6) is 0.919. The SMILES string of the molecule is CCCC1CCN(c2ccc(N)c(C(C)=O)c2)CC1. The molecular formula is C16H24N2O. The molecule has 1 aromatic carbocycles. The van der Waals surface area contributed by atoms with Crippen molar-refractivity contribution in [2.75, 3.05) is 23.7 Å². The summed E-state index contributed by atoms with van der Waals surface area (Å²) >= 11 is 0. The largest absolute Gasteiger partial charge is 0.398 e. The number of nitrogens with zero attached hydrogens (tertiary/aromatic N) is 1. The van der Waals surface area contributed by atoms with Gasteiger partial charge in [0.15, 0.2) is 5.78 Å². The number of rotatable bonds is 4. The molecule has 19 heavy (non-hydrogen) atoms. The third kappa shape index (κ3) is 3.28. The molecular weight excluding hydrogens is 236 g/mol. The minimum absolute atomic E-state index is 0.0419. The molecule has 1 saturated heterocycles. The summed E-state index contributed by atoms with van der Waals surface area (Å²) in [7, 11) is 0. The van der Waals surface area contributed by atoms with Gasteiger partial charge in [0, 0.05) is 30.0 Å². The Morgan fingerprint density at radius 3 is 2.63 bits per heavy atom. The zero-order chi connectivity index (χ0) is 13.8. The van der Waals surface area contributed by atoms with E-state index in [1.807, 2.05) is 18.2 Å². The number of anilines is 2. The summed E-state index contributed by atoms with van der Waals surface area (Å²) in [4.78, 5) is 13.9. The maximum absolute atomic E-state index is 11.5. The van der Waals surface area contributed by atoms with E-state index in [2.05, 4.69) is 11.8 Å².